The Balaban J connectivity index is 2.50. The number of benzene rings is 1. The molecule has 0 saturated carbocycles. The number of rotatable bonds is 2. The van der Waals surface area contributed by atoms with E-state index < -0.39 is 5.54 Å². The number of para-hydroxylation sites is 1. The van der Waals surface area contributed by atoms with Crippen LogP contribution in [0.1, 0.15) is 26.7 Å². The lowest BCUT2D eigenvalue weighted by Gasteiger charge is -2.32. The van der Waals surface area contributed by atoms with E-state index in [9.17, 15) is 9.59 Å². The van der Waals surface area contributed by atoms with Crippen LogP contribution in [-0.4, -0.2) is 23.9 Å². The number of amides is 2. The number of hydrogen-bond acceptors (Lipinski definition) is 2. The van der Waals surface area contributed by atoms with Gasteiger partial charge in [-0.1, -0.05) is 13.0 Å². The van der Waals surface area contributed by atoms with Crippen molar-refractivity contribution in [2.24, 2.45) is 0 Å². The maximum Gasteiger partial charge on any atom is 0.252 e. The van der Waals surface area contributed by atoms with Crippen LogP contribution in [0.5, 0.6) is 0 Å². The Hall–Kier alpha value is -0.880. The molecule has 0 bridgehead atoms. The van der Waals surface area contributed by atoms with Crippen molar-refractivity contribution < 1.29 is 9.59 Å². The van der Waals surface area contributed by atoms with Gasteiger partial charge in [-0.3, -0.25) is 9.59 Å². The van der Waals surface area contributed by atoms with E-state index in [1.165, 1.54) is 0 Å². The first-order chi connectivity index (χ1) is 9.39. The lowest BCUT2D eigenvalue weighted by Crippen LogP contribution is -2.54. The topological polar surface area (TPSA) is 49.4 Å². The van der Waals surface area contributed by atoms with E-state index in [-0.39, 0.29) is 11.8 Å². The highest BCUT2D eigenvalue weighted by Crippen LogP contribution is 2.36. The molecule has 2 rings (SSSR count). The van der Waals surface area contributed by atoms with E-state index in [4.69, 9.17) is 0 Å². The summed E-state index contributed by atoms with van der Waals surface area (Å²) in [7, 11) is 0. The van der Waals surface area contributed by atoms with Crippen LogP contribution in [0.3, 0.4) is 0 Å². The van der Waals surface area contributed by atoms with Crippen LogP contribution >= 0.6 is 31.9 Å². The van der Waals surface area contributed by atoms with Crippen LogP contribution in [-0.2, 0) is 9.59 Å². The van der Waals surface area contributed by atoms with Crippen LogP contribution < -0.4 is 10.2 Å². The highest BCUT2D eigenvalue weighted by molar-refractivity contribution is 9.11. The molecule has 2 amide bonds. The van der Waals surface area contributed by atoms with Gasteiger partial charge in [-0.05, 0) is 57.3 Å². The van der Waals surface area contributed by atoms with Crippen molar-refractivity contribution in [3.8, 4) is 0 Å². The normalized spacial score (nSPS) is 23.5. The van der Waals surface area contributed by atoms with Crippen molar-refractivity contribution in [3.05, 3.63) is 27.1 Å². The van der Waals surface area contributed by atoms with Gasteiger partial charge in [-0.25, -0.2) is 0 Å². The number of halogens is 2. The molecule has 6 heteroatoms. The Morgan fingerprint density at radius 1 is 1.30 bits per heavy atom. The SMILES string of the molecule is CCC1(C)NC(=O)CCN(c2c(Br)cccc2Br)C1=O. The molecule has 1 aromatic carbocycles. The summed E-state index contributed by atoms with van der Waals surface area (Å²) in [6.07, 6.45) is 0.852. The lowest BCUT2D eigenvalue weighted by atomic mass is 9.97. The largest absolute Gasteiger partial charge is 0.342 e. The molecular weight excluding hydrogens is 388 g/mol. The second kappa shape index (κ2) is 5.85. The Labute approximate surface area is 135 Å². The third-order valence-corrected chi connectivity index (χ3v) is 4.89. The fourth-order valence-electron chi connectivity index (χ4n) is 2.24. The Kier molecular flexibility index (Phi) is 4.54. The molecule has 4 nitrogen and oxygen atoms in total. The average Bonchev–Trinajstić information content (AvgIpc) is 2.50. The highest BCUT2D eigenvalue weighted by Gasteiger charge is 2.40. The molecule has 1 fully saturated rings. The summed E-state index contributed by atoms with van der Waals surface area (Å²) in [6, 6.07) is 5.66. The minimum Gasteiger partial charge on any atom is -0.342 e. The molecule has 0 radical (unpaired) electrons. The van der Waals surface area contributed by atoms with Crippen LogP contribution in [0.4, 0.5) is 5.69 Å². The van der Waals surface area contributed by atoms with Gasteiger partial charge in [0.25, 0.3) is 5.91 Å². The zero-order valence-corrected chi connectivity index (χ0v) is 14.5. The summed E-state index contributed by atoms with van der Waals surface area (Å²) in [5.41, 5.74) is -0.0869. The molecule has 1 unspecified atom stereocenters. The first-order valence-corrected chi connectivity index (χ1v) is 8.04. The number of carbonyl (C=O) groups is 2. The van der Waals surface area contributed by atoms with E-state index in [2.05, 4.69) is 37.2 Å². The summed E-state index contributed by atoms with van der Waals surface area (Å²) in [5, 5.41) is 2.83. The third-order valence-electron chi connectivity index (χ3n) is 3.61. The van der Waals surface area contributed by atoms with E-state index in [1.54, 1.807) is 11.8 Å². The van der Waals surface area contributed by atoms with Gasteiger partial charge in [0.2, 0.25) is 5.91 Å². The lowest BCUT2D eigenvalue weighted by molar-refractivity contribution is -0.129. The molecule has 1 atom stereocenters. The van der Waals surface area contributed by atoms with Gasteiger partial charge >= 0.3 is 0 Å². The molecular formula is C14H16Br2N2O2. The molecule has 108 valence electrons. The van der Waals surface area contributed by atoms with Crippen molar-refractivity contribution in [3.63, 3.8) is 0 Å². The first-order valence-electron chi connectivity index (χ1n) is 6.46. The maximum absolute atomic E-state index is 12.8. The highest BCUT2D eigenvalue weighted by atomic mass is 79.9. The third kappa shape index (κ3) is 2.76. The van der Waals surface area contributed by atoms with Crippen molar-refractivity contribution in [1.82, 2.24) is 5.32 Å². The van der Waals surface area contributed by atoms with Crippen molar-refractivity contribution >= 4 is 49.4 Å². The Morgan fingerprint density at radius 3 is 2.45 bits per heavy atom. The molecule has 1 heterocycles. The minimum absolute atomic E-state index is 0.0848. The van der Waals surface area contributed by atoms with Gasteiger partial charge in [0.15, 0.2) is 0 Å². The van der Waals surface area contributed by atoms with Gasteiger partial charge in [0.1, 0.15) is 5.54 Å². The van der Waals surface area contributed by atoms with Gasteiger partial charge in [0, 0.05) is 21.9 Å². The van der Waals surface area contributed by atoms with Gasteiger partial charge in [0.05, 0.1) is 5.69 Å². The average molecular weight is 404 g/mol. The molecule has 20 heavy (non-hydrogen) atoms. The monoisotopic (exact) mass is 402 g/mol. The van der Waals surface area contributed by atoms with Crippen LogP contribution in [0.2, 0.25) is 0 Å². The van der Waals surface area contributed by atoms with E-state index in [0.717, 1.165) is 14.6 Å². The van der Waals surface area contributed by atoms with E-state index >= 15 is 0 Å². The number of anilines is 1. The first kappa shape index (κ1) is 15.5. The number of carbonyl (C=O) groups excluding carboxylic acids is 2. The van der Waals surface area contributed by atoms with Crippen LogP contribution in [0.15, 0.2) is 27.1 Å². The summed E-state index contributed by atoms with van der Waals surface area (Å²) < 4.78 is 1.65. The molecule has 1 saturated heterocycles. The van der Waals surface area contributed by atoms with E-state index in [0.29, 0.717) is 19.4 Å². The predicted molar refractivity (Wildman–Crippen MR) is 85.7 cm³/mol. The quantitative estimate of drug-likeness (QED) is 0.823. The van der Waals surface area contributed by atoms with Crippen molar-refractivity contribution in [2.45, 2.75) is 32.2 Å². The van der Waals surface area contributed by atoms with Gasteiger partial charge in [-0.2, -0.15) is 0 Å². The second-order valence-corrected chi connectivity index (χ2v) is 6.72. The molecule has 1 aliphatic rings. The van der Waals surface area contributed by atoms with Crippen LogP contribution in [0.25, 0.3) is 0 Å². The van der Waals surface area contributed by atoms with E-state index in [1.807, 2.05) is 25.1 Å². The van der Waals surface area contributed by atoms with Crippen LogP contribution in [0, 0.1) is 0 Å². The number of nitrogens with zero attached hydrogens (tertiary/aromatic N) is 1. The fraction of sp³-hybridized carbons (Fsp3) is 0.429. The smallest absolute Gasteiger partial charge is 0.252 e. The second-order valence-electron chi connectivity index (χ2n) is 5.01. The van der Waals surface area contributed by atoms with Crippen molar-refractivity contribution in [1.29, 1.82) is 0 Å². The summed E-state index contributed by atoms with van der Waals surface area (Å²) in [6.45, 7) is 4.05. The zero-order chi connectivity index (χ0) is 14.9. The predicted octanol–water partition coefficient (Wildman–Crippen LogP) is 3.23. The molecule has 1 aliphatic heterocycles. The molecule has 0 spiro atoms. The summed E-state index contributed by atoms with van der Waals surface area (Å²) >= 11 is 6.96. The Morgan fingerprint density at radius 2 is 1.90 bits per heavy atom. The maximum atomic E-state index is 12.8. The molecule has 1 aromatic rings. The zero-order valence-electron chi connectivity index (χ0n) is 11.4. The van der Waals surface area contributed by atoms with Gasteiger partial charge < -0.3 is 10.2 Å². The number of nitrogens with one attached hydrogen (secondary N) is 1. The molecule has 0 aromatic heterocycles. The standard InChI is InChI=1S/C14H16Br2N2O2/c1-3-14(2)13(20)18(8-7-11(19)17-14)12-9(15)5-4-6-10(12)16/h4-6H,3,7-8H2,1-2H3,(H,17,19). The molecule has 1 N–H and O–H groups in total. The summed E-state index contributed by atoms with van der Waals surface area (Å²) in [5.74, 6) is -0.174. The molecule has 0 aliphatic carbocycles. The fourth-order valence-corrected chi connectivity index (χ4v) is 3.66. The van der Waals surface area contributed by atoms with Crippen molar-refractivity contribution in [2.75, 3.05) is 11.4 Å². The number of hydrogen-bond donors (Lipinski definition) is 1. The minimum atomic E-state index is -0.859. The van der Waals surface area contributed by atoms with Gasteiger partial charge in [-0.15, -0.1) is 0 Å². The Bertz CT molecular complexity index is 542. The summed E-state index contributed by atoms with van der Waals surface area (Å²) in [4.78, 5) is 26.3.